The summed E-state index contributed by atoms with van der Waals surface area (Å²) in [5.41, 5.74) is 4.30. The first-order valence-corrected chi connectivity index (χ1v) is 13.7. The minimum absolute atomic E-state index is 0.00688. The van der Waals surface area contributed by atoms with Crippen LogP contribution in [0.1, 0.15) is 49.3 Å². The molecule has 2 aromatic carbocycles. The smallest absolute Gasteiger partial charge is 0.407 e. The van der Waals surface area contributed by atoms with Crippen molar-refractivity contribution in [1.82, 2.24) is 9.80 Å². The first-order chi connectivity index (χ1) is 18.2. The highest BCUT2D eigenvalue weighted by atomic mass is 16.5. The fourth-order valence-electron chi connectivity index (χ4n) is 5.69. The van der Waals surface area contributed by atoms with E-state index in [1.165, 1.54) is 10.5 Å². The van der Waals surface area contributed by atoms with Crippen LogP contribution < -0.4 is 9.64 Å². The molecule has 1 saturated heterocycles. The van der Waals surface area contributed by atoms with Crippen molar-refractivity contribution in [3.05, 3.63) is 59.2 Å². The van der Waals surface area contributed by atoms with Crippen LogP contribution in [-0.2, 0) is 17.8 Å². The number of rotatable bonds is 8. The van der Waals surface area contributed by atoms with E-state index >= 15 is 0 Å². The summed E-state index contributed by atoms with van der Waals surface area (Å²) >= 11 is 0. The number of carboxylic acid groups (broad SMARTS) is 1. The van der Waals surface area contributed by atoms with Gasteiger partial charge in [0.15, 0.2) is 0 Å². The second-order valence-corrected chi connectivity index (χ2v) is 10.8. The molecule has 2 fully saturated rings. The molecule has 2 amide bonds. The number of anilines is 1. The zero-order chi connectivity index (χ0) is 27.2. The largest absolute Gasteiger partial charge is 0.490 e. The molecule has 0 radical (unpaired) electrons. The number of carbonyl (C=O) groups excluding carboxylic acids is 1. The molecular formula is C30H41N3O5. The molecule has 8 nitrogen and oxygen atoms in total. The molecule has 0 bridgehead atoms. The molecule has 1 saturated carbocycles. The minimum Gasteiger partial charge on any atom is -0.490 e. The lowest BCUT2D eigenvalue weighted by molar-refractivity contribution is -0.123. The molecule has 1 heterocycles. The van der Waals surface area contributed by atoms with Crippen molar-refractivity contribution in [3.8, 4) is 5.75 Å². The van der Waals surface area contributed by atoms with Gasteiger partial charge in [-0.1, -0.05) is 18.2 Å². The minimum atomic E-state index is -0.851. The topological polar surface area (TPSA) is 93.6 Å². The Balaban J connectivity index is 1.29. The van der Waals surface area contributed by atoms with Crippen LogP contribution in [0.25, 0.3) is 0 Å². The molecule has 2 N–H and O–H groups in total. The molecule has 1 atom stereocenters. The van der Waals surface area contributed by atoms with E-state index in [4.69, 9.17) is 4.74 Å². The lowest BCUT2D eigenvalue weighted by atomic mass is 9.86. The predicted molar refractivity (Wildman–Crippen MR) is 148 cm³/mol. The lowest BCUT2D eigenvalue weighted by Gasteiger charge is -2.38. The summed E-state index contributed by atoms with van der Waals surface area (Å²) in [5, 5.41) is 18.5. The molecule has 206 valence electrons. The molecular weight excluding hydrogens is 482 g/mol. The number of nitrogens with zero attached hydrogens (tertiary/aromatic N) is 3. The van der Waals surface area contributed by atoms with Gasteiger partial charge in [0.1, 0.15) is 5.75 Å². The van der Waals surface area contributed by atoms with Gasteiger partial charge in [-0.2, -0.15) is 0 Å². The summed E-state index contributed by atoms with van der Waals surface area (Å²) in [6.45, 7) is 6.88. The standard InChI is InChI=1S/C30H41N3O5/c1-21-17-26(10-7-25(21)20-32-14-15-33(30(36)37)22(2)19-32)31(3)29(35)24-8-11-27(12-9-24)38-28-6-4-5-23(18-28)13-16-34/h4-7,10,17-18,22,24,27,34H,8-9,11-16,19-20H2,1-3H3,(H,36,37)/t22-,24-,27-/m0/s1. The van der Waals surface area contributed by atoms with Gasteiger partial charge in [0.25, 0.3) is 0 Å². The van der Waals surface area contributed by atoms with Gasteiger partial charge in [0, 0.05) is 57.5 Å². The molecule has 0 unspecified atom stereocenters. The predicted octanol–water partition coefficient (Wildman–Crippen LogP) is 4.31. The van der Waals surface area contributed by atoms with Crippen molar-refractivity contribution in [3.63, 3.8) is 0 Å². The number of ether oxygens (including phenoxy) is 1. The lowest BCUT2D eigenvalue weighted by Crippen LogP contribution is -2.53. The monoisotopic (exact) mass is 523 g/mol. The van der Waals surface area contributed by atoms with Crippen molar-refractivity contribution in [2.45, 2.75) is 64.6 Å². The third-order valence-corrected chi connectivity index (χ3v) is 8.02. The SMILES string of the molecule is Cc1cc(N(C)C(=O)[C@H]2CC[C@H](Oc3cccc(CCO)c3)CC2)ccc1CN1CCN(C(=O)O)[C@@H](C)C1. The summed E-state index contributed by atoms with van der Waals surface area (Å²) in [7, 11) is 1.86. The van der Waals surface area contributed by atoms with Crippen LogP contribution in [0.4, 0.5) is 10.5 Å². The molecule has 0 aromatic heterocycles. The highest BCUT2D eigenvalue weighted by molar-refractivity contribution is 5.94. The third-order valence-electron chi connectivity index (χ3n) is 8.02. The van der Waals surface area contributed by atoms with Crippen LogP contribution in [0.15, 0.2) is 42.5 Å². The van der Waals surface area contributed by atoms with Crippen molar-refractivity contribution >= 4 is 17.7 Å². The van der Waals surface area contributed by atoms with E-state index in [0.29, 0.717) is 19.5 Å². The number of aliphatic hydroxyl groups is 1. The Hall–Kier alpha value is -3.10. The molecule has 0 spiro atoms. The highest BCUT2D eigenvalue weighted by Gasteiger charge is 2.30. The highest BCUT2D eigenvalue weighted by Crippen LogP contribution is 2.31. The Labute approximate surface area is 225 Å². The summed E-state index contributed by atoms with van der Waals surface area (Å²) in [6, 6.07) is 14.1. The number of hydrogen-bond acceptors (Lipinski definition) is 5. The average Bonchev–Trinajstić information content (AvgIpc) is 2.90. The third kappa shape index (κ3) is 6.85. The van der Waals surface area contributed by atoms with Crippen LogP contribution in [0.3, 0.4) is 0 Å². The van der Waals surface area contributed by atoms with Crippen molar-refractivity contribution < 1.29 is 24.5 Å². The average molecular weight is 524 g/mol. The fourth-order valence-corrected chi connectivity index (χ4v) is 5.69. The van der Waals surface area contributed by atoms with Gasteiger partial charge in [0.05, 0.1) is 6.10 Å². The first-order valence-electron chi connectivity index (χ1n) is 13.7. The van der Waals surface area contributed by atoms with E-state index in [2.05, 4.69) is 24.0 Å². The van der Waals surface area contributed by atoms with Gasteiger partial charge in [-0.3, -0.25) is 9.69 Å². The van der Waals surface area contributed by atoms with Crippen LogP contribution in [-0.4, -0.2) is 77.4 Å². The van der Waals surface area contributed by atoms with Gasteiger partial charge < -0.3 is 24.7 Å². The van der Waals surface area contributed by atoms with Crippen molar-refractivity contribution in [1.29, 1.82) is 0 Å². The number of amides is 2. The zero-order valence-corrected chi connectivity index (χ0v) is 22.8. The Bertz CT molecular complexity index is 1110. The number of hydrogen-bond donors (Lipinski definition) is 2. The molecule has 1 aliphatic carbocycles. The fraction of sp³-hybridized carbons (Fsp3) is 0.533. The van der Waals surface area contributed by atoms with Crippen LogP contribution in [0, 0.1) is 12.8 Å². The van der Waals surface area contributed by atoms with E-state index in [0.717, 1.165) is 61.3 Å². The van der Waals surface area contributed by atoms with Gasteiger partial charge in [-0.25, -0.2) is 4.79 Å². The van der Waals surface area contributed by atoms with Gasteiger partial charge in [-0.15, -0.1) is 0 Å². The summed E-state index contributed by atoms with van der Waals surface area (Å²) in [5.74, 6) is 0.975. The Morgan fingerprint density at radius 2 is 1.84 bits per heavy atom. The van der Waals surface area contributed by atoms with Crippen molar-refractivity contribution in [2.24, 2.45) is 5.92 Å². The van der Waals surface area contributed by atoms with Gasteiger partial charge >= 0.3 is 6.09 Å². The number of piperazine rings is 1. The molecule has 2 aromatic rings. The molecule has 1 aliphatic heterocycles. The maximum absolute atomic E-state index is 13.3. The molecule has 8 heteroatoms. The van der Waals surface area contributed by atoms with Crippen LogP contribution in [0.2, 0.25) is 0 Å². The summed E-state index contributed by atoms with van der Waals surface area (Å²) in [6.07, 6.45) is 3.18. The number of carbonyl (C=O) groups is 2. The second-order valence-electron chi connectivity index (χ2n) is 10.8. The van der Waals surface area contributed by atoms with E-state index in [1.807, 2.05) is 44.3 Å². The van der Waals surface area contributed by atoms with Gasteiger partial charge in [0.2, 0.25) is 5.91 Å². The van der Waals surface area contributed by atoms with E-state index in [1.54, 1.807) is 4.90 Å². The zero-order valence-electron chi connectivity index (χ0n) is 22.8. The van der Waals surface area contributed by atoms with E-state index in [9.17, 15) is 19.8 Å². The van der Waals surface area contributed by atoms with Crippen molar-refractivity contribution in [2.75, 3.05) is 38.2 Å². The normalized spacial score (nSPS) is 22.2. The Morgan fingerprint density at radius 3 is 2.50 bits per heavy atom. The van der Waals surface area contributed by atoms with Gasteiger partial charge in [-0.05, 0) is 86.9 Å². The first kappa shape index (κ1) is 27.9. The number of aliphatic hydroxyl groups excluding tert-OH is 1. The molecule has 2 aliphatic rings. The van der Waals surface area contributed by atoms with Crippen LogP contribution in [0.5, 0.6) is 5.75 Å². The van der Waals surface area contributed by atoms with E-state index < -0.39 is 6.09 Å². The quantitative estimate of drug-likeness (QED) is 0.536. The van der Waals surface area contributed by atoms with E-state index in [-0.39, 0.29) is 30.6 Å². The second kappa shape index (κ2) is 12.6. The Kier molecular flexibility index (Phi) is 9.28. The molecule has 4 rings (SSSR count). The number of benzene rings is 2. The number of aryl methyl sites for hydroxylation is 1. The summed E-state index contributed by atoms with van der Waals surface area (Å²) in [4.78, 5) is 30.2. The molecule has 38 heavy (non-hydrogen) atoms. The maximum Gasteiger partial charge on any atom is 0.407 e. The van der Waals surface area contributed by atoms with Crippen LogP contribution >= 0.6 is 0 Å². The maximum atomic E-state index is 13.3. The Morgan fingerprint density at radius 1 is 1.08 bits per heavy atom. The summed E-state index contributed by atoms with van der Waals surface area (Å²) < 4.78 is 6.19.